The van der Waals surface area contributed by atoms with Gasteiger partial charge in [-0.05, 0) is 44.6 Å². The normalized spacial score (nSPS) is 18.1. The van der Waals surface area contributed by atoms with Crippen LogP contribution in [0.2, 0.25) is 0 Å². The lowest BCUT2D eigenvalue weighted by atomic mass is 9.90. The Morgan fingerprint density at radius 2 is 1.89 bits per heavy atom. The third kappa shape index (κ3) is 3.59. The molecule has 1 aliphatic rings. The van der Waals surface area contributed by atoms with Gasteiger partial charge in [-0.15, -0.1) is 0 Å². The Hall–Kier alpha value is -1.31. The van der Waals surface area contributed by atoms with Crippen molar-refractivity contribution in [3.63, 3.8) is 0 Å². The van der Waals surface area contributed by atoms with E-state index in [0.29, 0.717) is 0 Å². The number of piperidine rings is 1. The van der Waals surface area contributed by atoms with Gasteiger partial charge in [0.05, 0.1) is 5.84 Å². The number of hydrogen-bond acceptors (Lipinski definition) is 1. The Kier molecular flexibility index (Phi) is 4.80. The predicted molar refractivity (Wildman–Crippen MR) is 78.1 cm³/mol. The molecule has 0 aliphatic carbocycles. The molecule has 1 aliphatic heterocycles. The first kappa shape index (κ1) is 13.1. The van der Waals surface area contributed by atoms with Crippen molar-refractivity contribution in [2.24, 2.45) is 10.9 Å². The lowest BCUT2D eigenvalue weighted by Gasteiger charge is -2.33. The highest BCUT2D eigenvalue weighted by molar-refractivity contribution is 5.79. The van der Waals surface area contributed by atoms with Crippen molar-refractivity contribution in [3.05, 3.63) is 35.9 Å². The highest BCUT2D eigenvalue weighted by atomic mass is 15.2. The summed E-state index contributed by atoms with van der Waals surface area (Å²) in [5, 5.41) is 0. The molecule has 0 amide bonds. The summed E-state index contributed by atoms with van der Waals surface area (Å²) in [7, 11) is 0. The van der Waals surface area contributed by atoms with Crippen molar-refractivity contribution < 1.29 is 0 Å². The van der Waals surface area contributed by atoms with E-state index in [1.807, 2.05) is 0 Å². The molecule has 0 atom stereocenters. The highest BCUT2D eigenvalue weighted by Gasteiger charge is 2.19. The molecule has 1 heterocycles. The molecule has 0 N–H and O–H groups in total. The van der Waals surface area contributed by atoms with Gasteiger partial charge in [-0.1, -0.05) is 30.3 Å². The van der Waals surface area contributed by atoms with Crippen LogP contribution < -0.4 is 0 Å². The maximum absolute atomic E-state index is 4.50. The molecule has 0 bridgehead atoms. The van der Waals surface area contributed by atoms with E-state index < -0.39 is 0 Å². The zero-order chi connectivity index (χ0) is 12.8. The first-order valence-electron chi connectivity index (χ1n) is 7.09. The molecule has 1 saturated heterocycles. The van der Waals surface area contributed by atoms with Gasteiger partial charge < -0.3 is 4.90 Å². The Morgan fingerprint density at radius 3 is 2.50 bits per heavy atom. The minimum atomic E-state index is 0.845. The SMILES string of the molecule is CC/N=C(\C)N1CCC(Cc2ccccc2)CC1. The minimum absolute atomic E-state index is 0.845. The largest absolute Gasteiger partial charge is 0.361 e. The number of likely N-dealkylation sites (tertiary alicyclic amines) is 1. The first-order chi connectivity index (χ1) is 8.79. The maximum atomic E-state index is 4.50. The molecule has 18 heavy (non-hydrogen) atoms. The van der Waals surface area contributed by atoms with Crippen molar-refractivity contribution in [1.82, 2.24) is 4.90 Å². The first-order valence-corrected chi connectivity index (χ1v) is 7.09. The van der Waals surface area contributed by atoms with Crippen molar-refractivity contribution in [2.75, 3.05) is 19.6 Å². The van der Waals surface area contributed by atoms with Crippen LogP contribution in [0.1, 0.15) is 32.3 Å². The van der Waals surface area contributed by atoms with Crippen LogP contribution in [-0.4, -0.2) is 30.4 Å². The third-order valence-electron chi connectivity index (χ3n) is 3.83. The summed E-state index contributed by atoms with van der Waals surface area (Å²) in [6.45, 7) is 7.49. The van der Waals surface area contributed by atoms with Crippen LogP contribution in [0.15, 0.2) is 35.3 Å². The number of aliphatic imine (C=N–C) groups is 1. The summed E-state index contributed by atoms with van der Waals surface area (Å²) in [6.07, 6.45) is 3.83. The fraction of sp³-hybridized carbons (Fsp3) is 0.562. The van der Waals surface area contributed by atoms with Gasteiger partial charge >= 0.3 is 0 Å². The molecule has 1 aromatic carbocycles. The minimum Gasteiger partial charge on any atom is -0.361 e. The van der Waals surface area contributed by atoms with Gasteiger partial charge in [0.25, 0.3) is 0 Å². The Morgan fingerprint density at radius 1 is 1.22 bits per heavy atom. The Balaban J connectivity index is 1.82. The van der Waals surface area contributed by atoms with Crippen LogP contribution >= 0.6 is 0 Å². The van der Waals surface area contributed by atoms with Crippen LogP contribution in [0.25, 0.3) is 0 Å². The number of nitrogens with zero attached hydrogens (tertiary/aromatic N) is 2. The molecule has 0 spiro atoms. The third-order valence-corrected chi connectivity index (χ3v) is 3.83. The molecule has 2 nitrogen and oxygen atoms in total. The summed E-state index contributed by atoms with van der Waals surface area (Å²) in [5.74, 6) is 2.06. The molecule has 1 aromatic rings. The van der Waals surface area contributed by atoms with Crippen LogP contribution in [0, 0.1) is 5.92 Å². The average Bonchev–Trinajstić information content (AvgIpc) is 2.41. The van der Waals surface area contributed by atoms with Crippen LogP contribution in [-0.2, 0) is 6.42 Å². The van der Waals surface area contributed by atoms with E-state index in [4.69, 9.17) is 0 Å². The molecule has 0 unspecified atom stereocenters. The Labute approximate surface area is 111 Å². The number of benzene rings is 1. The second-order valence-corrected chi connectivity index (χ2v) is 5.14. The van der Waals surface area contributed by atoms with E-state index in [1.54, 1.807) is 0 Å². The zero-order valence-corrected chi connectivity index (χ0v) is 11.6. The monoisotopic (exact) mass is 244 g/mol. The summed E-state index contributed by atoms with van der Waals surface area (Å²) < 4.78 is 0. The van der Waals surface area contributed by atoms with Gasteiger partial charge in [0.15, 0.2) is 0 Å². The van der Waals surface area contributed by atoms with Crippen LogP contribution in [0.3, 0.4) is 0 Å². The summed E-state index contributed by atoms with van der Waals surface area (Å²) in [4.78, 5) is 6.94. The lowest BCUT2D eigenvalue weighted by Crippen LogP contribution is -2.37. The van der Waals surface area contributed by atoms with Crippen molar-refractivity contribution in [2.45, 2.75) is 33.1 Å². The summed E-state index contributed by atoms with van der Waals surface area (Å²) >= 11 is 0. The molecule has 0 radical (unpaired) electrons. The van der Waals surface area contributed by atoms with Crippen molar-refractivity contribution in [3.8, 4) is 0 Å². The molecular weight excluding hydrogens is 220 g/mol. The van der Waals surface area contributed by atoms with E-state index in [1.165, 1.54) is 43.8 Å². The van der Waals surface area contributed by atoms with Crippen molar-refractivity contribution >= 4 is 5.84 Å². The maximum Gasteiger partial charge on any atom is 0.0957 e. The molecule has 2 heteroatoms. The molecule has 1 fully saturated rings. The van der Waals surface area contributed by atoms with Crippen LogP contribution in [0.5, 0.6) is 0 Å². The zero-order valence-electron chi connectivity index (χ0n) is 11.6. The topological polar surface area (TPSA) is 15.6 Å². The van der Waals surface area contributed by atoms with Crippen molar-refractivity contribution in [1.29, 1.82) is 0 Å². The molecule has 0 saturated carbocycles. The van der Waals surface area contributed by atoms with Gasteiger partial charge in [-0.3, -0.25) is 4.99 Å². The summed E-state index contributed by atoms with van der Waals surface area (Å²) in [6, 6.07) is 10.9. The number of amidine groups is 1. The predicted octanol–water partition coefficient (Wildman–Crippen LogP) is 3.38. The van der Waals surface area contributed by atoms with E-state index in [0.717, 1.165) is 12.5 Å². The smallest absolute Gasteiger partial charge is 0.0957 e. The number of hydrogen-bond donors (Lipinski definition) is 0. The van der Waals surface area contributed by atoms with Gasteiger partial charge in [0, 0.05) is 19.6 Å². The second-order valence-electron chi connectivity index (χ2n) is 5.14. The highest BCUT2D eigenvalue weighted by Crippen LogP contribution is 2.21. The molecular formula is C16H24N2. The van der Waals surface area contributed by atoms with E-state index >= 15 is 0 Å². The molecule has 2 rings (SSSR count). The number of rotatable bonds is 3. The van der Waals surface area contributed by atoms with Gasteiger partial charge in [0.1, 0.15) is 0 Å². The van der Waals surface area contributed by atoms with Gasteiger partial charge in [-0.2, -0.15) is 0 Å². The quantitative estimate of drug-likeness (QED) is 0.588. The van der Waals surface area contributed by atoms with E-state index in [2.05, 4.69) is 54.1 Å². The van der Waals surface area contributed by atoms with E-state index in [9.17, 15) is 0 Å². The van der Waals surface area contributed by atoms with Gasteiger partial charge in [0.2, 0.25) is 0 Å². The van der Waals surface area contributed by atoms with Gasteiger partial charge in [-0.25, -0.2) is 0 Å². The van der Waals surface area contributed by atoms with E-state index in [-0.39, 0.29) is 0 Å². The lowest BCUT2D eigenvalue weighted by molar-refractivity contribution is 0.264. The standard InChI is InChI=1S/C16H24N2/c1-3-17-14(2)18-11-9-16(10-12-18)13-15-7-5-4-6-8-15/h4-8,16H,3,9-13H2,1-2H3/b17-14+. The second kappa shape index (κ2) is 6.58. The fourth-order valence-corrected chi connectivity index (χ4v) is 2.74. The van der Waals surface area contributed by atoms with Crippen LogP contribution in [0.4, 0.5) is 0 Å². The fourth-order valence-electron chi connectivity index (χ4n) is 2.74. The molecule has 98 valence electrons. The Bertz CT molecular complexity index is 375. The average molecular weight is 244 g/mol. The molecule has 0 aromatic heterocycles. The summed E-state index contributed by atoms with van der Waals surface area (Å²) in [5.41, 5.74) is 1.48.